The third-order valence-corrected chi connectivity index (χ3v) is 2.15. The van der Waals surface area contributed by atoms with Gasteiger partial charge in [-0.15, -0.1) is 0 Å². The molecule has 2 rings (SSSR count). The SMILES string of the molecule is Nc1ccn(CCOc2c(F)cccc2F)n1. The Balaban J connectivity index is 1.94. The molecule has 0 saturated carbocycles. The maximum Gasteiger partial charge on any atom is 0.190 e. The number of anilines is 1. The molecule has 2 aromatic rings. The molecule has 0 saturated heterocycles. The summed E-state index contributed by atoms with van der Waals surface area (Å²) >= 11 is 0. The van der Waals surface area contributed by atoms with Gasteiger partial charge >= 0.3 is 0 Å². The first-order chi connectivity index (χ1) is 8.16. The number of halogens is 2. The van der Waals surface area contributed by atoms with Crippen LogP contribution in [-0.4, -0.2) is 16.4 Å². The lowest BCUT2D eigenvalue weighted by molar-refractivity contribution is 0.265. The molecule has 0 aliphatic heterocycles. The van der Waals surface area contributed by atoms with Crippen molar-refractivity contribution in [1.82, 2.24) is 9.78 Å². The van der Waals surface area contributed by atoms with E-state index in [4.69, 9.17) is 10.5 Å². The smallest absolute Gasteiger partial charge is 0.190 e. The zero-order chi connectivity index (χ0) is 12.3. The van der Waals surface area contributed by atoms with Crippen LogP contribution in [0.5, 0.6) is 5.75 Å². The Labute approximate surface area is 96.6 Å². The summed E-state index contributed by atoms with van der Waals surface area (Å²) in [7, 11) is 0. The number of hydrogen-bond acceptors (Lipinski definition) is 3. The number of aromatic nitrogens is 2. The van der Waals surface area contributed by atoms with Gasteiger partial charge in [0.1, 0.15) is 12.4 Å². The summed E-state index contributed by atoms with van der Waals surface area (Å²) in [5.41, 5.74) is 5.42. The van der Waals surface area contributed by atoms with E-state index in [9.17, 15) is 8.78 Å². The maximum atomic E-state index is 13.2. The lowest BCUT2D eigenvalue weighted by atomic mass is 10.3. The molecule has 0 fully saturated rings. The Hall–Kier alpha value is -2.11. The molecule has 1 aromatic carbocycles. The number of hydrogen-bond donors (Lipinski definition) is 1. The number of para-hydroxylation sites is 1. The van der Waals surface area contributed by atoms with E-state index in [1.807, 2.05) is 0 Å². The van der Waals surface area contributed by atoms with E-state index >= 15 is 0 Å². The van der Waals surface area contributed by atoms with E-state index in [0.717, 1.165) is 12.1 Å². The van der Waals surface area contributed by atoms with Gasteiger partial charge in [0.05, 0.1) is 6.54 Å². The van der Waals surface area contributed by atoms with Crippen LogP contribution in [0.25, 0.3) is 0 Å². The van der Waals surface area contributed by atoms with Crippen molar-refractivity contribution in [3.8, 4) is 5.75 Å². The largest absolute Gasteiger partial charge is 0.486 e. The van der Waals surface area contributed by atoms with Crippen molar-refractivity contribution in [3.05, 3.63) is 42.1 Å². The lowest BCUT2D eigenvalue weighted by Crippen LogP contribution is -2.10. The number of benzene rings is 1. The van der Waals surface area contributed by atoms with Gasteiger partial charge < -0.3 is 10.5 Å². The number of nitrogens with zero attached hydrogens (tertiary/aromatic N) is 2. The van der Waals surface area contributed by atoms with Crippen molar-refractivity contribution in [3.63, 3.8) is 0 Å². The Kier molecular flexibility index (Phi) is 3.22. The first-order valence-electron chi connectivity index (χ1n) is 5.02. The van der Waals surface area contributed by atoms with Crippen molar-refractivity contribution in [2.75, 3.05) is 12.3 Å². The van der Waals surface area contributed by atoms with Crippen LogP contribution in [-0.2, 0) is 6.54 Å². The van der Waals surface area contributed by atoms with Crippen LogP contribution in [0.3, 0.4) is 0 Å². The molecule has 17 heavy (non-hydrogen) atoms. The predicted molar refractivity (Wildman–Crippen MR) is 58.5 cm³/mol. The molecule has 0 aliphatic rings. The lowest BCUT2D eigenvalue weighted by Gasteiger charge is -2.07. The van der Waals surface area contributed by atoms with Gasteiger partial charge in [-0.25, -0.2) is 8.78 Å². The Morgan fingerprint density at radius 3 is 2.53 bits per heavy atom. The van der Waals surface area contributed by atoms with Gasteiger partial charge in [0.15, 0.2) is 17.4 Å². The molecule has 0 amide bonds. The third-order valence-electron chi connectivity index (χ3n) is 2.15. The zero-order valence-electron chi connectivity index (χ0n) is 8.94. The summed E-state index contributed by atoms with van der Waals surface area (Å²) in [5, 5.41) is 3.91. The Bertz CT molecular complexity index is 493. The summed E-state index contributed by atoms with van der Waals surface area (Å²) in [4.78, 5) is 0. The van der Waals surface area contributed by atoms with Crippen LogP contribution >= 0.6 is 0 Å². The molecule has 2 N–H and O–H groups in total. The molecule has 0 unspecified atom stereocenters. The van der Waals surface area contributed by atoms with Crippen LogP contribution in [0.1, 0.15) is 0 Å². The summed E-state index contributed by atoms with van der Waals surface area (Å²) < 4.78 is 32.9. The number of ether oxygens (including phenoxy) is 1. The highest BCUT2D eigenvalue weighted by Gasteiger charge is 2.09. The Morgan fingerprint density at radius 2 is 1.94 bits per heavy atom. The molecule has 0 bridgehead atoms. The average Bonchev–Trinajstić information content (AvgIpc) is 2.69. The zero-order valence-corrected chi connectivity index (χ0v) is 8.94. The van der Waals surface area contributed by atoms with Crippen LogP contribution in [0.2, 0.25) is 0 Å². The van der Waals surface area contributed by atoms with Gasteiger partial charge in [-0.1, -0.05) is 6.07 Å². The molecular formula is C11H11F2N3O. The van der Waals surface area contributed by atoms with Crippen molar-refractivity contribution in [1.29, 1.82) is 0 Å². The summed E-state index contributed by atoms with van der Waals surface area (Å²) in [6.45, 7) is 0.476. The fourth-order valence-corrected chi connectivity index (χ4v) is 1.36. The van der Waals surface area contributed by atoms with Gasteiger partial charge in [-0.3, -0.25) is 4.68 Å². The molecule has 6 heteroatoms. The molecule has 0 aliphatic carbocycles. The first kappa shape index (κ1) is 11.4. The molecule has 0 radical (unpaired) electrons. The van der Waals surface area contributed by atoms with Gasteiger partial charge in [-0.05, 0) is 18.2 Å². The van der Waals surface area contributed by atoms with Crippen molar-refractivity contribution < 1.29 is 13.5 Å². The minimum atomic E-state index is -0.718. The van der Waals surface area contributed by atoms with E-state index in [-0.39, 0.29) is 12.4 Å². The molecule has 1 aromatic heterocycles. The van der Waals surface area contributed by atoms with Gasteiger partial charge in [-0.2, -0.15) is 5.10 Å². The predicted octanol–water partition coefficient (Wildman–Crippen LogP) is 1.82. The second kappa shape index (κ2) is 4.82. The quantitative estimate of drug-likeness (QED) is 0.885. The highest BCUT2D eigenvalue weighted by molar-refractivity contribution is 5.26. The molecule has 4 nitrogen and oxygen atoms in total. The first-order valence-corrected chi connectivity index (χ1v) is 5.02. The number of nitrogen functional groups attached to an aromatic ring is 1. The summed E-state index contributed by atoms with van der Waals surface area (Å²) in [6.07, 6.45) is 1.66. The summed E-state index contributed by atoms with van der Waals surface area (Å²) in [6, 6.07) is 5.20. The fourth-order valence-electron chi connectivity index (χ4n) is 1.36. The maximum absolute atomic E-state index is 13.2. The standard InChI is InChI=1S/C11H11F2N3O/c12-8-2-1-3-9(13)11(8)17-7-6-16-5-4-10(14)15-16/h1-5H,6-7H2,(H2,14,15). The van der Waals surface area contributed by atoms with E-state index in [1.165, 1.54) is 10.7 Å². The fraction of sp³-hybridized carbons (Fsp3) is 0.182. The molecule has 0 atom stereocenters. The van der Waals surface area contributed by atoms with Crippen molar-refractivity contribution >= 4 is 5.82 Å². The highest BCUT2D eigenvalue weighted by atomic mass is 19.1. The third kappa shape index (κ3) is 2.72. The second-order valence-electron chi connectivity index (χ2n) is 3.40. The molecule has 0 spiro atoms. The second-order valence-corrected chi connectivity index (χ2v) is 3.40. The Morgan fingerprint density at radius 1 is 1.24 bits per heavy atom. The summed E-state index contributed by atoms with van der Waals surface area (Å²) in [5.74, 6) is -1.41. The highest BCUT2D eigenvalue weighted by Crippen LogP contribution is 2.20. The normalized spacial score (nSPS) is 10.5. The van der Waals surface area contributed by atoms with Crippen LogP contribution in [0.4, 0.5) is 14.6 Å². The van der Waals surface area contributed by atoms with Gasteiger partial charge in [0.25, 0.3) is 0 Å². The monoisotopic (exact) mass is 239 g/mol. The molecule has 1 heterocycles. The minimum absolute atomic E-state index is 0.110. The van der Waals surface area contributed by atoms with Gasteiger partial charge in [0.2, 0.25) is 0 Å². The number of rotatable bonds is 4. The van der Waals surface area contributed by atoms with Crippen molar-refractivity contribution in [2.24, 2.45) is 0 Å². The topological polar surface area (TPSA) is 53.1 Å². The van der Waals surface area contributed by atoms with Gasteiger partial charge in [0, 0.05) is 6.20 Å². The molecule has 90 valence electrons. The average molecular weight is 239 g/mol. The minimum Gasteiger partial charge on any atom is -0.486 e. The van der Waals surface area contributed by atoms with Crippen LogP contribution in [0, 0.1) is 11.6 Å². The van der Waals surface area contributed by atoms with E-state index in [2.05, 4.69) is 5.10 Å². The van der Waals surface area contributed by atoms with E-state index in [1.54, 1.807) is 12.3 Å². The van der Waals surface area contributed by atoms with E-state index < -0.39 is 11.6 Å². The van der Waals surface area contributed by atoms with Crippen LogP contribution < -0.4 is 10.5 Å². The van der Waals surface area contributed by atoms with Crippen molar-refractivity contribution in [2.45, 2.75) is 6.54 Å². The molecular weight excluding hydrogens is 228 g/mol. The van der Waals surface area contributed by atoms with E-state index in [0.29, 0.717) is 12.4 Å². The van der Waals surface area contributed by atoms with Crippen LogP contribution in [0.15, 0.2) is 30.5 Å². The number of nitrogens with two attached hydrogens (primary N) is 1.